The van der Waals surface area contributed by atoms with Crippen molar-refractivity contribution < 1.29 is 4.79 Å². The molecule has 1 aromatic rings. The van der Waals surface area contributed by atoms with Crippen molar-refractivity contribution in [3.63, 3.8) is 0 Å². The van der Waals surface area contributed by atoms with Crippen LogP contribution >= 0.6 is 0 Å². The lowest BCUT2D eigenvalue weighted by molar-refractivity contribution is 0.0973. The van der Waals surface area contributed by atoms with Crippen LogP contribution < -0.4 is 0 Å². The smallest absolute Gasteiger partial charge is 0.183 e. The van der Waals surface area contributed by atoms with E-state index < -0.39 is 0 Å². The van der Waals surface area contributed by atoms with E-state index in [9.17, 15) is 4.79 Å². The van der Waals surface area contributed by atoms with Crippen LogP contribution in [0, 0.1) is 0 Å². The maximum atomic E-state index is 11.7. The number of Topliss-reactive ketones (excluding diaryl/α,β-unsaturated/α-hetero) is 1. The first-order valence-electron chi connectivity index (χ1n) is 6.27. The van der Waals surface area contributed by atoms with Crippen LogP contribution in [0.2, 0.25) is 0 Å². The van der Waals surface area contributed by atoms with Crippen LogP contribution in [-0.2, 0) is 7.05 Å². The Kier molecular flexibility index (Phi) is 5.83. The summed E-state index contributed by atoms with van der Waals surface area (Å²) >= 11 is 0. The van der Waals surface area contributed by atoms with Crippen molar-refractivity contribution in [2.24, 2.45) is 7.05 Å². The van der Waals surface area contributed by atoms with Crippen LogP contribution in [-0.4, -0.2) is 15.6 Å². The van der Waals surface area contributed by atoms with E-state index in [0.717, 1.165) is 6.42 Å². The van der Waals surface area contributed by atoms with Crippen LogP contribution in [0.15, 0.2) is 12.3 Å². The highest BCUT2D eigenvalue weighted by Gasteiger charge is 2.07. The summed E-state index contributed by atoms with van der Waals surface area (Å²) in [6, 6.07) is 1.79. The summed E-state index contributed by atoms with van der Waals surface area (Å²) in [4.78, 5) is 11.7. The van der Waals surface area contributed by atoms with Crippen LogP contribution in [0.4, 0.5) is 0 Å². The van der Waals surface area contributed by atoms with Gasteiger partial charge in [0.1, 0.15) is 5.69 Å². The van der Waals surface area contributed by atoms with Gasteiger partial charge in [-0.05, 0) is 12.5 Å². The predicted octanol–water partition coefficient (Wildman–Crippen LogP) is 3.35. The van der Waals surface area contributed by atoms with Gasteiger partial charge in [0.25, 0.3) is 0 Å². The van der Waals surface area contributed by atoms with Crippen molar-refractivity contribution in [1.82, 2.24) is 9.78 Å². The van der Waals surface area contributed by atoms with E-state index in [4.69, 9.17) is 0 Å². The molecule has 0 fully saturated rings. The minimum absolute atomic E-state index is 0.177. The van der Waals surface area contributed by atoms with Crippen molar-refractivity contribution in [3.8, 4) is 0 Å². The van der Waals surface area contributed by atoms with Gasteiger partial charge < -0.3 is 0 Å². The molecule has 16 heavy (non-hydrogen) atoms. The molecule has 1 heterocycles. The van der Waals surface area contributed by atoms with E-state index in [1.165, 1.54) is 32.1 Å². The van der Waals surface area contributed by atoms with Crippen LogP contribution in [0.1, 0.15) is 62.4 Å². The largest absolute Gasteiger partial charge is 0.292 e. The van der Waals surface area contributed by atoms with Gasteiger partial charge in [0.15, 0.2) is 5.78 Å². The molecule has 0 unspecified atom stereocenters. The molecule has 3 nitrogen and oxygen atoms in total. The molecule has 90 valence electrons. The Morgan fingerprint density at radius 3 is 2.56 bits per heavy atom. The number of nitrogens with zero attached hydrogens (tertiary/aromatic N) is 2. The third-order valence-electron chi connectivity index (χ3n) is 2.76. The Hall–Kier alpha value is -1.12. The van der Waals surface area contributed by atoms with E-state index in [-0.39, 0.29) is 5.78 Å². The molecule has 0 spiro atoms. The number of ketones is 1. The normalized spacial score (nSPS) is 10.6. The molecule has 0 N–H and O–H groups in total. The van der Waals surface area contributed by atoms with E-state index in [2.05, 4.69) is 12.0 Å². The van der Waals surface area contributed by atoms with Crippen LogP contribution in [0.3, 0.4) is 0 Å². The molecule has 0 aromatic carbocycles. The summed E-state index contributed by atoms with van der Waals surface area (Å²) in [6.07, 6.45) is 9.76. The summed E-state index contributed by atoms with van der Waals surface area (Å²) in [5.41, 5.74) is 0.607. The summed E-state index contributed by atoms with van der Waals surface area (Å²) in [6.45, 7) is 2.21. The van der Waals surface area contributed by atoms with Gasteiger partial charge in [-0.15, -0.1) is 0 Å². The minimum atomic E-state index is 0.177. The number of carbonyl (C=O) groups excluding carboxylic acids is 1. The number of aryl methyl sites for hydroxylation is 1. The van der Waals surface area contributed by atoms with Crippen molar-refractivity contribution >= 4 is 5.78 Å². The zero-order valence-electron chi connectivity index (χ0n) is 10.4. The van der Waals surface area contributed by atoms with E-state index in [0.29, 0.717) is 12.1 Å². The van der Waals surface area contributed by atoms with Gasteiger partial charge in [-0.3, -0.25) is 9.48 Å². The summed E-state index contributed by atoms with van der Waals surface area (Å²) in [7, 11) is 1.83. The Morgan fingerprint density at radius 2 is 1.94 bits per heavy atom. The van der Waals surface area contributed by atoms with Gasteiger partial charge in [0.05, 0.1) is 0 Å². The average molecular weight is 222 g/mol. The maximum absolute atomic E-state index is 11.7. The number of carbonyl (C=O) groups is 1. The van der Waals surface area contributed by atoms with Crippen LogP contribution in [0.5, 0.6) is 0 Å². The average Bonchev–Trinajstić information content (AvgIpc) is 2.70. The Labute approximate surface area is 97.8 Å². The molecule has 0 amide bonds. The highest BCUT2D eigenvalue weighted by atomic mass is 16.1. The molecule has 0 aliphatic rings. The highest BCUT2D eigenvalue weighted by molar-refractivity contribution is 5.94. The van der Waals surface area contributed by atoms with Crippen molar-refractivity contribution in [3.05, 3.63) is 18.0 Å². The summed E-state index contributed by atoms with van der Waals surface area (Å²) < 4.78 is 1.68. The third-order valence-corrected chi connectivity index (χ3v) is 2.76. The fourth-order valence-electron chi connectivity index (χ4n) is 1.76. The second kappa shape index (κ2) is 7.20. The molecule has 0 saturated carbocycles. The zero-order chi connectivity index (χ0) is 11.8. The molecule has 0 atom stereocenters. The fraction of sp³-hybridized carbons (Fsp3) is 0.692. The number of hydrogen-bond donors (Lipinski definition) is 0. The Balaban J connectivity index is 2.11. The molecular formula is C13H22N2O. The quantitative estimate of drug-likeness (QED) is 0.499. The van der Waals surface area contributed by atoms with Crippen molar-refractivity contribution in [2.45, 2.75) is 51.9 Å². The van der Waals surface area contributed by atoms with E-state index in [1.54, 1.807) is 10.7 Å². The molecule has 1 rings (SSSR count). The number of unbranched alkanes of at least 4 members (excludes halogenated alkanes) is 5. The van der Waals surface area contributed by atoms with Gasteiger partial charge in [-0.25, -0.2) is 0 Å². The van der Waals surface area contributed by atoms with Crippen molar-refractivity contribution in [1.29, 1.82) is 0 Å². The lowest BCUT2D eigenvalue weighted by Gasteiger charge is -1.99. The van der Waals surface area contributed by atoms with Gasteiger partial charge in [0.2, 0.25) is 0 Å². The predicted molar refractivity (Wildman–Crippen MR) is 65.5 cm³/mol. The lowest BCUT2D eigenvalue weighted by atomic mass is 10.1. The second-order valence-electron chi connectivity index (χ2n) is 4.32. The molecule has 0 aliphatic carbocycles. The van der Waals surface area contributed by atoms with E-state index >= 15 is 0 Å². The SMILES string of the molecule is CCCCCCCCC(=O)c1ccn(C)n1. The molecule has 0 aliphatic heterocycles. The molecule has 0 radical (unpaired) electrons. The Bertz CT molecular complexity index is 317. The van der Waals surface area contributed by atoms with Crippen LogP contribution in [0.25, 0.3) is 0 Å². The summed E-state index contributed by atoms with van der Waals surface area (Å²) in [5.74, 6) is 0.177. The summed E-state index contributed by atoms with van der Waals surface area (Å²) in [5, 5.41) is 4.11. The monoisotopic (exact) mass is 222 g/mol. The first-order valence-corrected chi connectivity index (χ1v) is 6.27. The topological polar surface area (TPSA) is 34.9 Å². The third kappa shape index (κ3) is 4.60. The zero-order valence-corrected chi connectivity index (χ0v) is 10.4. The molecule has 0 saturated heterocycles. The molecular weight excluding hydrogens is 200 g/mol. The standard InChI is InChI=1S/C13H22N2O/c1-3-4-5-6-7-8-9-13(16)12-10-11-15(2)14-12/h10-11H,3-9H2,1-2H3. The Morgan fingerprint density at radius 1 is 1.25 bits per heavy atom. The minimum Gasteiger partial charge on any atom is -0.292 e. The number of aromatic nitrogens is 2. The first kappa shape index (κ1) is 12.9. The molecule has 0 bridgehead atoms. The lowest BCUT2D eigenvalue weighted by Crippen LogP contribution is -2.01. The molecule has 3 heteroatoms. The molecule has 1 aromatic heterocycles. The highest BCUT2D eigenvalue weighted by Crippen LogP contribution is 2.09. The second-order valence-corrected chi connectivity index (χ2v) is 4.32. The number of hydrogen-bond acceptors (Lipinski definition) is 2. The van der Waals surface area contributed by atoms with Gasteiger partial charge in [-0.1, -0.05) is 39.0 Å². The van der Waals surface area contributed by atoms with E-state index in [1.807, 2.05) is 13.2 Å². The number of rotatable bonds is 8. The first-order chi connectivity index (χ1) is 7.74. The van der Waals surface area contributed by atoms with Crippen molar-refractivity contribution in [2.75, 3.05) is 0 Å². The van der Waals surface area contributed by atoms with Gasteiger partial charge in [-0.2, -0.15) is 5.10 Å². The maximum Gasteiger partial charge on any atom is 0.183 e. The fourth-order valence-corrected chi connectivity index (χ4v) is 1.76. The van der Waals surface area contributed by atoms with Gasteiger partial charge >= 0.3 is 0 Å². The van der Waals surface area contributed by atoms with Gasteiger partial charge in [0, 0.05) is 19.7 Å².